The second-order valence-electron chi connectivity index (χ2n) is 7.00. The van der Waals surface area contributed by atoms with Crippen molar-refractivity contribution in [3.05, 3.63) is 65.5 Å². The highest BCUT2D eigenvalue weighted by Crippen LogP contribution is 2.20. The van der Waals surface area contributed by atoms with Gasteiger partial charge in [0, 0.05) is 62.6 Å². The highest BCUT2D eigenvalue weighted by molar-refractivity contribution is 5.63. The Hall–Kier alpha value is -3.19. The van der Waals surface area contributed by atoms with Gasteiger partial charge in [0.2, 0.25) is 0 Å². The lowest BCUT2D eigenvalue weighted by Gasteiger charge is -2.34. The van der Waals surface area contributed by atoms with Gasteiger partial charge in [-0.25, -0.2) is 9.97 Å². The Kier molecular flexibility index (Phi) is 3.68. The number of nitrogens with zero attached hydrogens (tertiary/aromatic N) is 6. The van der Waals surface area contributed by atoms with Crippen molar-refractivity contribution in [2.45, 2.75) is 0 Å². The van der Waals surface area contributed by atoms with Gasteiger partial charge in [-0.15, -0.1) is 0 Å². The lowest BCUT2D eigenvalue weighted by atomic mass is 10.2. The van der Waals surface area contributed by atoms with Crippen LogP contribution in [0.2, 0.25) is 0 Å². The Labute approximate surface area is 156 Å². The van der Waals surface area contributed by atoms with E-state index in [1.807, 2.05) is 41.2 Å². The number of rotatable bonds is 2. The average molecular weight is 360 g/mol. The highest BCUT2D eigenvalue weighted by Gasteiger charge is 2.15. The maximum absolute atomic E-state index is 12.8. The van der Waals surface area contributed by atoms with Gasteiger partial charge in [0.1, 0.15) is 11.3 Å². The lowest BCUT2D eigenvalue weighted by Crippen LogP contribution is -2.44. The van der Waals surface area contributed by atoms with Gasteiger partial charge in [-0.2, -0.15) is 0 Å². The van der Waals surface area contributed by atoms with E-state index in [4.69, 9.17) is 4.98 Å². The van der Waals surface area contributed by atoms with Crippen LogP contribution < -0.4 is 10.5 Å². The van der Waals surface area contributed by atoms with Crippen LogP contribution in [-0.2, 0) is 0 Å². The first-order chi connectivity index (χ1) is 13.2. The average Bonchev–Trinajstić information content (AvgIpc) is 3.16. The van der Waals surface area contributed by atoms with E-state index in [1.54, 1.807) is 16.7 Å². The molecular formula is C20H20N6O. The van der Waals surface area contributed by atoms with Crippen LogP contribution in [0.4, 0.5) is 5.69 Å². The van der Waals surface area contributed by atoms with Gasteiger partial charge in [-0.3, -0.25) is 9.20 Å². The molecule has 5 rings (SSSR count). The summed E-state index contributed by atoms with van der Waals surface area (Å²) in [6, 6.07) is 9.44. The van der Waals surface area contributed by atoms with E-state index in [1.165, 1.54) is 0 Å². The third-order valence-electron chi connectivity index (χ3n) is 5.20. The minimum atomic E-state index is -0.0725. The van der Waals surface area contributed by atoms with Crippen LogP contribution in [0.25, 0.3) is 22.6 Å². The van der Waals surface area contributed by atoms with Crippen molar-refractivity contribution in [3.8, 4) is 11.3 Å². The maximum atomic E-state index is 12.8. The van der Waals surface area contributed by atoms with E-state index in [9.17, 15) is 4.79 Å². The number of pyridine rings is 2. The number of fused-ring (bicyclic) bond motifs is 2. The molecule has 0 saturated carbocycles. The third kappa shape index (κ3) is 2.86. The molecule has 27 heavy (non-hydrogen) atoms. The summed E-state index contributed by atoms with van der Waals surface area (Å²) in [5.41, 5.74) is 4.07. The molecule has 5 heterocycles. The molecule has 7 heteroatoms. The molecule has 0 aromatic carbocycles. The van der Waals surface area contributed by atoms with Crippen molar-refractivity contribution in [1.82, 2.24) is 23.7 Å². The highest BCUT2D eigenvalue weighted by atomic mass is 16.1. The fourth-order valence-electron chi connectivity index (χ4n) is 3.56. The fourth-order valence-corrected chi connectivity index (χ4v) is 3.56. The summed E-state index contributed by atoms with van der Waals surface area (Å²) < 4.78 is 3.56. The van der Waals surface area contributed by atoms with Crippen molar-refractivity contribution in [3.63, 3.8) is 0 Å². The molecule has 0 atom stereocenters. The third-order valence-corrected chi connectivity index (χ3v) is 5.20. The molecule has 4 aromatic heterocycles. The predicted octanol–water partition coefficient (Wildman–Crippen LogP) is 1.76. The van der Waals surface area contributed by atoms with Gasteiger partial charge in [-0.1, -0.05) is 0 Å². The molecule has 0 radical (unpaired) electrons. The monoisotopic (exact) mass is 360 g/mol. The van der Waals surface area contributed by atoms with Crippen LogP contribution in [-0.4, -0.2) is 56.9 Å². The summed E-state index contributed by atoms with van der Waals surface area (Å²) in [6.45, 7) is 3.99. The van der Waals surface area contributed by atoms with Gasteiger partial charge < -0.3 is 14.2 Å². The summed E-state index contributed by atoms with van der Waals surface area (Å²) in [5.74, 6) is 0. The Morgan fingerprint density at radius 3 is 2.63 bits per heavy atom. The molecule has 4 aromatic rings. The number of aromatic nitrogens is 4. The molecule has 7 nitrogen and oxygen atoms in total. The second kappa shape index (κ2) is 6.21. The molecule has 1 aliphatic rings. The van der Waals surface area contributed by atoms with Gasteiger partial charge in [0.05, 0.1) is 11.4 Å². The molecular weight excluding hydrogens is 340 g/mol. The summed E-state index contributed by atoms with van der Waals surface area (Å²) in [6.07, 6.45) is 7.48. The molecule has 136 valence electrons. The van der Waals surface area contributed by atoms with Gasteiger partial charge >= 0.3 is 0 Å². The van der Waals surface area contributed by atoms with Crippen molar-refractivity contribution in [2.24, 2.45) is 0 Å². The van der Waals surface area contributed by atoms with Crippen LogP contribution in [0.3, 0.4) is 0 Å². The van der Waals surface area contributed by atoms with Crippen molar-refractivity contribution in [2.75, 3.05) is 38.1 Å². The zero-order chi connectivity index (χ0) is 18.4. The topological polar surface area (TPSA) is 58.2 Å². The van der Waals surface area contributed by atoms with E-state index >= 15 is 0 Å². The number of likely N-dealkylation sites (N-methyl/N-ethyl adjacent to an activating group) is 1. The second-order valence-corrected chi connectivity index (χ2v) is 7.00. The number of piperazine rings is 1. The van der Waals surface area contributed by atoms with Gasteiger partial charge in [0.15, 0.2) is 0 Å². The zero-order valence-electron chi connectivity index (χ0n) is 15.1. The summed E-state index contributed by atoms with van der Waals surface area (Å²) >= 11 is 0. The van der Waals surface area contributed by atoms with Crippen molar-refractivity contribution >= 4 is 17.0 Å². The number of anilines is 1. The molecule has 1 fully saturated rings. The fraction of sp³-hybridized carbons (Fsp3) is 0.250. The van der Waals surface area contributed by atoms with Crippen LogP contribution in [0.15, 0.2) is 59.9 Å². The molecule has 0 spiro atoms. The summed E-state index contributed by atoms with van der Waals surface area (Å²) in [4.78, 5) is 26.3. The minimum absolute atomic E-state index is 0.0725. The van der Waals surface area contributed by atoms with Gasteiger partial charge in [-0.05, 0) is 31.3 Å². The SMILES string of the molecule is CN1CCN(c2ccc3nc(-c4ccc5nccn5c4)cc(=O)n3c2)CC1. The Bertz CT molecular complexity index is 1190. The van der Waals surface area contributed by atoms with E-state index in [-0.39, 0.29) is 5.56 Å². The Morgan fingerprint density at radius 2 is 1.78 bits per heavy atom. The first kappa shape index (κ1) is 16.0. The standard InChI is InChI=1S/C20H20N6O/c1-23-8-10-24(11-9-23)16-3-5-19-22-17(12-20(27)26(19)14-16)15-2-4-18-21-6-7-25(18)13-15/h2-7,12-14H,8-11H2,1H3. The van der Waals surface area contributed by atoms with Crippen LogP contribution in [0.5, 0.6) is 0 Å². The predicted molar refractivity (Wildman–Crippen MR) is 105 cm³/mol. The largest absolute Gasteiger partial charge is 0.368 e. The van der Waals surface area contributed by atoms with Crippen LogP contribution >= 0.6 is 0 Å². The summed E-state index contributed by atoms with van der Waals surface area (Å²) in [5, 5.41) is 0. The maximum Gasteiger partial charge on any atom is 0.258 e. The van der Waals surface area contributed by atoms with Crippen LogP contribution in [0, 0.1) is 0 Å². The van der Waals surface area contributed by atoms with E-state index < -0.39 is 0 Å². The summed E-state index contributed by atoms with van der Waals surface area (Å²) in [7, 11) is 2.13. The Balaban J connectivity index is 1.55. The molecule has 1 saturated heterocycles. The number of hydrogen-bond acceptors (Lipinski definition) is 5. The number of hydrogen-bond donors (Lipinski definition) is 0. The number of imidazole rings is 1. The zero-order valence-corrected chi connectivity index (χ0v) is 15.1. The van der Waals surface area contributed by atoms with Gasteiger partial charge in [0.25, 0.3) is 5.56 Å². The molecule has 0 amide bonds. The Morgan fingerprint density at radius 1 is 0.963 bits per heavy atom. The molecule has 1 aliphatic heterocycles. The minimum Gasteiger partial charge on any atom is -0.368 e. The van der Waals surface area contributed by atoms with E-state index in [0.29, 0.717) is 11.3 Å². The van der Waals surface area contributed by atoms with E-state index in [0.717, 1.165) is 43.1 Å². The molecule has 0 unspecified atom stereocenters. The van der Waals surface area contributed by atoms with E-state index in [2.05, 4.69) is 27.9 Å². The quantitative estimate of drug-likeness (QED) is 0.545. The lowest BCUT2D eigenvalue weighted by molar-refractivity contribution is 0.313. The first-order valence-electron chi connectivity index (χ1n) is 9.07. The van der Waals surface area contributed by atoms with Crippen molar-refractivity contribution < 1.29 is 0 Å². The first-order valence-corrected chi connectivity index (χ1v) is 9.07. The van der Waals surface area contributed by atoms with Crippen LogP contribution in [0.1, 0.15) is 0 Å². The molecule has 0 bridgehead atoms. The normalized spacial score (nSPS) is 15.7. The van der Waals surface area contributed by atoms with Crippen molar-refractivity contribution in [1.29, 1.82) is 0 Å². The molecule has 0 N–H and O–H groups in total. The smallest absolute Gasteiger partial charge is 0.258 e. The molecule has 0 aliphatic carbocycles.